The van der Waals surface area contributed by atoms with E-state index in [4.69, 9.17) is 47.2 Å². The molecule has 0 saturated carbocycles. The van der Waals surface area contributed by atoms with Crippen LogP contribution in [0.15, 0.2) is 243 Å². The van der Waals surface area contributed by atoms with Crippen molar-refractivity contribution in [3.8, 4) is 0 Å². The van der Waals surface area contributed by atoms with Gasteiger partial charge in [-0.25, -0.2) is 0 Å². The molecule has 0 N–H and O–H groups in total. The molecule has 0 aliphatic rings. The molecule has 8 rings (SSSR count). The fraction of sp³-hybridized carbons (Fsp3) is 0.0400. The van der Waals surface area contributed by atoms with Crippen molar-refractivity contribution in [3.05, 3.63) is 243 Å². The van der Waals surface area contributed by atoms with Gasteiger partial charge in [0, 0.05) is 0 Å². The van der Waals surface area contributed by atoms with Crippen LogP contribution < -0.4 is 42.4 Å². The summed E-state index contributed by atoms with van der Waals surface area (Å²) in [6.07, 6.45) is 0. The van der Waals surface area contributed by atoms with Crippen molar-refractivity contribution in [3.63, 3.8) is 0 Å². The van der Waals surface area contributed by atoms with Crippen LogP contribution in [0.5, 0.6) is 0 Å². The van der Waals surface area contributed by atoms with E-state index in [0.717, 1.165) is 0 Å². The van der Waals surface area contributed by atoms with Crippen molar-refractivity contribution >= 4 is 140 Å². The second-order valence-corrected chi connectivity index (χ2v) is 43.5. The average molecular weight is 1050 g/mol. The summed E-state index contributed by atoms with van der Waals surface area (Å²) >= 11 is 29.7. The fourth-order valence-corrected chi connectivity index (χ4v) is 76.6. The number of benzene rings is 8. The molecule has 0 heterocycles. The summed E-state index contributed by atoms with van der Waals surface area (Å²) in [7, 11) is 0. The average Bonchev–Trinajstić information content (AvgIpc) is 3.34. The normalized spacial score (nSPS) is 12.4. The van der Waals surface area contributed by atoms with Crippen LogP contribution in [0.25, 0.3) is 0 Å². The molecule has 0 saturated heterocycles. The molecular weight excluding hydrogens is 1010 g/mol. The zero-order chi connectivity index (χ0) is 41.5. The zero-order valence-electron chi connectivity index (χ0n) is 32.5. The number of rotatable bonds is 15. The molecule has 8 aromatic rings. The van der Waals surface area contributed by atoms with E-state index in [1.54, 1.807) is 0 Å². The molecule has 0 atom stereocenters. The van der Waals surface area contributed by atoms with Crippen LogP contribution in [0.4, 0.5) is 0 Å². The van der Waals surface area contributed by atoms with E-state index in [1.807, 2.05) is 0 Å². The minimum atomic E-state index is -2.66. The third-order valence-corrected chi connectivity index (χ3v) is 62.0. The third kappa shape index (κ3) is 8.56. The molecule has 0 aliphatic heterocycles. The van der Waals surface area contributed by atoms with Gasteiger partial charge < -0.3 is 0 Å². The van der Waals surface area contributed by atoms with Gasteiger partial charge >= 0.3 is 391 Å². The van der Waals surface area contributed by atoms with Gasteiger partial charge in [-0.05, 0) is 0 Å². The summed E-state index contributed by atoms with van der Waals surface area (Å²) in [6, 6.07) is 77.0. The van der Waals surface area contributed by atoms with Gasteiger partial charge in [-0.1, -0.05) is 0 Å². The Morgan fingerprint density at radius 2 is 0.333 bits per heavy atom. The zero-order valence-corrected chi connectivity index (χ0v) is 42.8. The van der Waals surface area contributed by atoms with E-state index in [-0.39, 0.29) is 34.9 Å². The Morgan fingerprint density at radius 1 is 0.217 bits per heavy atom. The molecule has 8 aromatic carbocycles. The van der Waals surface area contributed by atoms with Gasteiger partial charge in [0.2, 0.25) is 0 Å². The first-order valence-corrected chi connectivity index (χ1v) is 37.3. The Kier molecular flexibility index (Phi) is 14.6. The van der Waals surface area contributed by atoms with Crippen LogP contribution >= 0.6 is 24.2 Å². The Morgan fingerprint density at radius 3 is 0.450 bits per heavy atom. The van der Waals surface area contributed by atoms with Gasteiger partial charge in [-0.15, -0.1) is 0 Å². The van der Waals surface area contributed by atoms with Gasteiger partial charge in [-0.2, -0.15) is 0 Å². The summed E-state index contributed by atoms with van der Waals surface area (Å²) < 4.78 is -0.0193. The quantitative estimate of drug-likeness (QED) is 0.0742. The summed E-state index contributed by atoms with van der Waals surface area (Å²) in [6.45, 7) is 0. The van der Waals surface area contributed by atoms with E-state index in [1.165, 1.54) is 42.4 Å². The molecular formula is C50H42P4S4Se2. The molecule has 60 heavy (non-hydrogen) atoms. The second-order valence-electron chi connectivity index (χ2n) is 14.2. The maximum atomic E-state index is 7.48. The van der Waals surface area contributed by atoms with Gasteiger partial charge in [0.15, 0.2) is 0 Å². The van der Waals surface area contributed by atoms with Gasteiger partial charge in [0.05, 0.1) is 0 Å². The summed E-state index contributed by atoms with van der Waals surface area (Å²) in [5.41, 5.74) is 0. The summed E-state index contributed by atoms with van der Waals surface area (Å²) in [5, 5.41) is 9.69. The van der Waals surface area contributed by atoms with Gasteiger partial charge in [0.1, 0.15) is 0 Å². The topological polar surface area (TPSA) is 0 Å². The van der Waals surface area contributed by atoms with Gasteiger partial charge in [0.25, 0.3) is 0 Å². The molecule has 0 aromatic heterocycles. The molecule has 0 nitrogen and oxygen atoms in total. The van der Waals surface area contributed by atoms with E-state index < -0.39 is 24.2 Å². The van der Waals surface area contributed by atoms with Crippen LogP contribution in [0.2, 0.25) is 0 Å². The Labute approximate surface area is 387 Å². The first-order chi connectivity index (χ1) is 29.3. The molecule has 0 fully saturated rings. The molecule has 0 unspecified atom stereocenters. The number of hydrogen-bond donors (Lipinski definition) is 0. The van der Waals surface area contributed by atoms with E-state index >= 15 is 0 Å². The predicted molar refractivity (Wildman–Crippen MR) is 285 cm³/mol. The molecule has 0 amide bonds. The van der Waals surface area contributed by atoms with Crippen LogP contribution in [0.1, 0.15) is 0 Å². The fourth-order valence-electron chi connectivity index (χ4n) is 7.61. The summed E-state index contributed by atoms with van der Waals surface area (Å²) in [4.78, 5) is 0. The van der Waals surface area contributed by atoms with Crippen LogP contribution in [0.3, 0.4) is 0 Å². The van der Waals surface area contributed by atoms with Crippen molar-refractivity contribution < 1.29 is 0 Å². The molecule has 0 radical (unpaired) electrons. The van der Waals surface area contributed by atoms with Crippen molar-refractivity contribution in [1.29, 1.82) is 0 Å². The van der Waals surface area contributed by atoms with Crippen molar-refractivity contribution in [2.24, 2.45) is 0 Å². The molecule has 0 spiro atoms. The van der Waals surface area contributed by atoms with E-state index in [0.29, 0.717) is 0 Å². The first kappa shape index (κ1) is 44.0. The minimum absolute atomic E-state index is 0.00964. The second kappa shape index (κ2) is 19.8. The van der Waals surface area contributed by atoms with Crippen molar-refractivity contribution in [2.45, 2.75) is 8.60 Å². The van der Waals surface area contributed by atoms with Gasteiger partial charge in [-0.3, -0.25) is 0 Å². The van der Waals surface area contributed by atoms with Crippen molar-refractivity contribution in [1.82, 2.24) is 0 Å². The monoisotopic (exact) mass is 1050 g/mol. The Bertz CT molecular complexity index is 2260. The van der Waals surface area contributed by atoms with Crippen molar-refractivity contribution in [2.75, 3.05) is 0 Å². The summed E-state index contributed by atoms with van der Waals surface area (Å²) in [5.74, 6) is 0. The Balaban J connectivity index is 1.46. The SMILES string of the molecule is S=P(c1ccccc1)(c1ccccc1)C([Se][Se]C(P(=S)(c1ccccc1)c1ccccc1)P(=S)(c1ccccc1)c1ccccc1)P(=S)(c1ccccc1)c1ccccc1. The third-order valence-electron chi connectivity index (χ3n) is 10.6. The van der Waals surface area contributed by atoms with E-state index in [9.17, 15) is 0 Å². The predicted octanol–water partition coefficient (Wildman–Crippen LogP) is 9.40. The Hall–Kier alpha value is -2.60. The number of hydrogen-bond acceptors (Lipinski definition) is 4. The molecule has 0 aliphatic carbocycles. The molecule has 0 bridgehead atoms. The molecule has 10 heteroatoms. The standard InChI is InChI=1S/C50H42P4S4Se2/c55-51(41-25-9-1-10-26-41,42-27-11-2-12-28-42)49(52(56,43-29-13-3-14-30-43)44-31-15-4-16-32-44)59-60-50(53(57,45-33-17-5-18-34-45)46-35-19-6-20-36-46)54(58,47-37-21-7-22-38-47)48-39-23-8-24-40-48/h1-40,49-50H. The van der Waals surface area contributed by atoms with E-state index in [2.05, 4.69) is 243 Å². The van der Waals surface area contributed by atoms with Crippen LogP contribution in [-0.4, -0.2) is 34.9 Å². The van der Waals surface area contributed by atoms with Crippen LogP contribution in [0, 0.1) is 0 Å². The molecule has 298 valence electrons. The first-order valence-electron chi connectivity index (χ1n) is 19.5. The maximum absolute atomic E-state index is 7.48. The van der Waals surface area contributed by atoms with Crippen LogP contribution in [-0.2, 0) is 47.2 Å².